The van der Waals surface area contributed by atoms with Crippen LogP contribution in [-0.2, 0) is 14.4 Å². The number of carbonyl (C=O) groups excluding carboxylic acids is 3. The van der Waals surface area contributed by atoms with E-state index in [1.54, 1.807) is 0 Å². The van der Waals surface area contributed by atoms with E-state index >= 15 is 0 Å². The van der Waals surface area contributed by atoms with E-state index in [0.717, 1.165) is 0 Å². The SMILES string of the molecule is CC(=O)[C@H]1C(=O)CNC1=O. The van der Waals surface area contributed by atoms with E-state index in [1.165, 1.54) is 6.92 Å². The Hall–Kier alpha value is -1.19. The molecule has 1 fully saturated rings. The monoisotopic (exact) mass is 141 g/mol. The van der Waals surface area contributed by atoms with Crippen LogP contribution in [0.4, 0.5) is 0 Å². The van der Waals surface area contributed by atoms with Gasteiger partial charge in [-0.2, -0.15) is 0 Å². The van der Waals surface area contributed by atoms with Crippen molar-refractivity contribution in [1.82, 2.24) is 5.32 Å². The first-order chi connectivity index (χ1) is 4.63. The van der Waals surface area contributed by atoms with Gasteiger partial charge in [-0.1, -0.05) is 0 Å². The predicted octanol–water partition coefficient (Wildman–Crippen LogP) is -1.11. The molecule has 0 radical (unpaired) electrons. The number of nitrogens with one attached hydrogen (secondary N) is 1. The summed E-state index contributed by atoms with van der Waals surface area (Å²) >= 11 is 0. The lowest BCUT2D eigenvalue weighted by molar-refractivity contribution is -0.135. The first-order valence-corrected chi connectivity index (χ1v) is 2.94. The molecule has 0 bridgehead atoms. The summed E-state index contributed by atoms with van der Waals surface area (Å²) in [6.45, 7) is 1.25. The lowest BCUT2D eigenvalue weighted by Crippen LogP contribution is -2.25. The fourth-order valence-electron chi connectivity index (χ4n) is 0.936. The van der Waals surface area contributed by atoms with Gasteiger partial charge in [-0.25, -0.2) is 0 Å². The Kier molecular flexibility index (Phi) is 1.53. The molecule has 0 aromatic carbocycles. The van der Waals surface area contributed by atoms with E-state index in [0.29, 0.717) is 0 Å². The van der Waals surface area contributed by atoms with Crippen LogP contribution >= 0.6 is 0 Å². The molecule has 1 amide bonds. The summed E-state index contributed by atoms with van der Waals surface area (Å²) < 4.78 is 0. The molecule has 0 unspecified atom stereocenters. The van der Waals surface area contributed by atoms with Crippen LogP contribution < -0.4 is 5.32 Å². The zero-order chi connectivity index (χ0) is 7.72. The molecule has 4 heteroatoms. The summed E-state index contributed by atoms with van der Waals surface area (Å²) in [6.07, 6.45) is 0. The zero-order valence-corrected chi connectivity index (χ0v) is 5.51. The molecule has 1 rings (SSSR count). The number of rotatable bonds is 1. The fraction of sp³-hybridized carbons (Fsp3) is 0.500. The maximum absolute atomic E-state index is 10.7. The molecule has 0 spiro atoms. The van der Waals surface area contributed by atoms with Crippen LogP contribution in [0.25, 0.3) is 0 Å². The van der Waals surface area contributed by atoms with E-state index in [9.17, 15) is 14.4 Å². The lowest BCUT2D eigenvalue weighted by atomic mass is 10.0. The van der Waals surface area contributed by atoms with Crippen molar-refractivity contribution in [2.24, 2.45) is 5.92 Å². The molecule has 1 aliphatic rings. The van der Waals surface area contributed by atoms with Crippen molar-refractivity contribution in [1.29, 1.82) is 0 Å². The lowest BCUT2D eigenvalue weighted by Gasteiger charge is -1.95. The third-order valence-electron chi connectivity index (χ3n) is 1.43. The van der Waals surface area contributed by atoms with Gasteiger partial charge in [-0.05, 0) is 6.92 Å². The maximum atomic E-state index is 10.7. The highest BCUT2D eigenvalue weighted by molar-refractivity contribution is 6.22. The molecule has 1 atom stereocenters. The molecule has 1 saturated heterocycles. The fourth-order valence-corrected chi connectivity index (χ4v) is 0.936. The molecule has 1 heterocycles. The van der Waals surface area contributed by atoms with Crippen LogP contribution in [0.3, 0.4) is 0 Å². The minimum Gasteiger partial charge on any atom is -0.348 e. The van der Waals surface area contributed by atoms with Crippen molar-refractivity contribution in [3.63, 3.8) is 0 Å². The molecule has 0 aromatic heterocycles. The van der Waals surface area contributed by atoms with Gasteiger partial charge in [0.05, 0.1) is 6.54 Å². The number of amides is 1. The number of ketones is 2. The van der Waals surface area contributed by atoms with Crippen LogP contribution in [0.2, 0.25) is 0 Å². The average Bonchev–Trinajstić information content (AvgIpc) is 2.11. The second kappa shape index (κ2) is 2.21. The van der Waals surface area contributed by atoms with Crippen molar-refractivity contribution in [3.8, 4) is 0 Å². The third kappa shape index (κ3) is 0.920. The molecule has 10 heavy (non-hydrogen) atoms. The molecule has 0 saturated carbocycles. The third-order valence-corrected chi connectivity index (χ3v) is 1.43. The van der Waals surface area contributed by atoms with Crippen LogP contribution in [0.1, 0.15) is 6.92 Å². The molecule has 54 valence electrons. The van der Waals surface area contributed by atoms with Crippen LogP contribution in [-0.4, -0.2) is 24.0 Å². The molecule has 1 aliphatic heterocycles. The molecule has 0 aliphatic carbocycles. The van der Waals surface area contributed by atoms with Crippen LogP contribution in [0.15, 0.2) is 0 Å². The maximum Gasteiger partial charge on any atom is 0.238 e. The van der Waals surface area contributed by atoms with E-state index in [-0.39, 0.29) is 18.1 Å². The molecule has 4 nitrogen and oxygen atoms in total. The topological polar surface area (TPSA) is 63.2 Å². The second-order valence-corrected chi connectivity index (χ2v) is 2.23. The molecular formula is C6H7NO3. The van der Waals surface area contributed by atoms with E-state index < -0.39 is 11.8 Å². The highest BCUT2D eigenvalue weighted by atomic mass is 16.2. The summed E-state index contributed by atoms with van der Waals surface area (Å²) in [5, 5.41) is 2.29. The molecular weight excluding hydrogens is 134 g/mol. The first kappa shape index (κ1) is 6.92. The number of hydrogen-bond acceptors (Lipinski definition) is 3. The van der Waals surface area contributed by atoms with E-state index in [2.05, 4.69) is 5.32 Å². The van der Waals surface area contributed by atoms with Crippen molar-refractivity contribution < 1.29 is 14.4 Å². The Morgan fingerprint density at radius 3 is 2.40 bits per heavy atom. The van der Waals surface area contributed by atoms with Gasteiger partial charge in [0, 0.05) is 0 Å². The standard InChI is InChI=1S/C6H7NO3/c1-3(8)5-4(9)2-7-6(5)10/h5H,2H2,1H3,(H,7,10)/t5-/m0/s1. The minimum absolute atomic E-state index is 0.00306. The average molecular weight is 141 g/mol. The van der Waals surface area contributed by atoms with Gasteiger partial charge in [0.15, 0.2) is 11.7 Å². The summed E-state index contributed by atoms with van der Waals surface area (Å²) in [7, 11) is 0. The van der Waals surface area contributed by atoms with Crippen LogP contribution in [0, 0.1) is 5.92 Å². The Morgan fingerprint density at radius 1 is 1.60 bits per heavy atom. The Bertz CT molecular complexity index is 193. The van der Waals surface area contributed by atoms with Gasteiger partial charge in [-0.15, -0.1) is 0 Å². The van der Waals surface area contributed by atoms with Gasteiger partial charge in [0.2, 0.25) is 5.91 Å². The van der Waals surface area contributed by atoms with Gasteiger partial charge in [-0.3, -0.25) is 14.4 Å². The molecule has 1 N–H and O–H groups in total. The highest BCUT2D eigenvalue weighted by Gasteiger charge is 2.36. The number of hydrogen-bond donors (Lipinski definition) is 1. The smallest absolute Gasteiger partial charge is 0.238 e. The zero-order valence-electron chi connectivity index (χ0n) is 5.51. The summed E-state index contributed by atoms with van der Waals surface area (Å²) in [6, 6.07) is 0. The van der Waals surface area contributed by atoms with Crippen molar-refractivity contribution in [2.45, 2.75) is 6.92 Å². The van der Waals surface area contributed by atoms with Gasteiger partial charge < -0.3 is 5.32 Å². The first-order valence-electron chi connectivity index (χ1n) is 2.94. The van der Waals surface area contributed by atoms with Crippen LogP contribution in [0.5, 0.6) is 0 Å². The van der Waals surface area contributed by atoms with E-state index in [1.807, 2.05) is 0 Å². The largest absolute Gasteiger partial charge is 0.348 e. The van der Waals surface area contributed by atoms with E-state index in [4.69, 9.17) is 0 Å². The predicted molar refractivity (Wildman–Crippen MR) is 32.2 cm³/mol. The summed E-state index contributed by atoms with van der Waals surface area (Å²) in [4.78, 5) is 32.0. The van der Waals surface area contributed by atoms with Gasteiger partial charge in [0.25, 0.3) is 0 Å². The van der Waals surface area contributed by atoms with Crippen molar-refractivity contribution in [2.75, 3.05) is 6.54 Å². The van der Waals surface area contributed by atoms with Gasteiger partial charge in [0.1, 0.15) is 5.78 Å². The normalized spacial score (nSPS) is 24.7. The Labute approximate surface area is 57.6 Å². The number of carbonyl (C=O) groups is 3. The minimum atomic E-state index is -1.03. The van der Waals surface area contributed by atoms with Gasteiger partial charge >= 0.3 is 0 Å². The summed E-state index contributed by atoms with van der Waals surface area (Å²) in [5.74, 6) is -2.19. The van der Waals surface area contributed by atoms with Crippen molar-refractivity contribution >= 4 is 17.5 Å². The quantitative estimate of drug-likeness (QED) is 0.471. The van der Waals surface area contributed by atoms with Crippen molar-refractivity contribution in [3.05, 3.63) is 0 Å². The Balaban J connectivity index is 2.82. The molecule has 0 aromatic rings. The highest BCUT2D eigenvalue weighted by Crippen LogP contribution is 2.05. The number of Topliss-reactive ketones (excluding diaryl/α,β-unsaturated/α-hetero) is 2. The second-order valence-electron chi connectivity index (χ2n) is 2.23. The Morgan fingerprint density at radius 2 is 2.20 bits per heavy atom. The summed E-state index contributed by atoms with van der Waals surface area (Å²) in [5.41, 5.74) is 0.